The standard InChI is InChI=1S/C21H29N3O3/c1-15-13-16(24-9-11-26-12-10-24)5-6-17(15)23-19(25)7-8-20-22-14-18(27-20)21(2,3)4/h5-6,13-14H,7-12H2,1-4H3,(H,23,25). The van der Waals surface area contributed by atoms with E-state index < -0.39 is 0 Å². The SMILES string of the molecule is Cc1cc(N2CCOCC2)ccc1NC(=O)CCc1ncc(C(C)(C)C)o1. The summed E-state index contributed by atoms with van der Waals surface area (Å²) in [7, 11) is 0. The lowest BCUT2D eigenvalue weighted by atomic mass is 9.94. The van der Waals surface area contributed by atoms with Crippen LogP contribution >= 0.6 is 0 Å². The molecule has 146 valence electrons. The Morgan fingerprint density at radius 2 is 2.00 bits per heavy atom. The Kier molecular flexibility index (Phi) is 5.85. The monoisotopic (exact) mass is 371 g/mol. The van der Waals surface area contributed by atoms with Gasteiger partial charge in [0.05, 0.1) is 19.4 Å². The summed E-state index contributed by atoms with van der Waals surface area (Å²) in [6, 6.07) is 6.14. The first-order valence-corrected chi connectivity index (χ1v) is 9.51. The molecular weight excluding hydrogens is 342 g/mol. The number of nitrogens with one attached hydrogen (secondary N) is 1. The minimum atomic E-state index is -0.0765. The van der Waals surface area contributed by atoms with Gasteiger partial charge in [0.1, 0.15) is 5.76 Å². The van der Waals surface area contributed by atoms with E-state index in [2.05, 4.69) is 48.1 Å². The number of morpholine rings is 1. The maximum atomic E-state index is 12.3. The number of hydrogen-bond acceptors (Lipinski definition) is 5. The molecule has 0 unspecified atom stereocenters. The van der Waals surface area contributed by atoms with Gasteiger partial charge < -0.3 is 19.4 Å². The summed E-state index contributed by atoms with van der Waals surface area (Å²) in [5, 5.41) is 3.00. The van der Waals surface area contributed by atoms with Crippen LogP contribution in [0.1, 0.15) is 44.4 Å². The van der Waals surface area contributed by atoms with E-state index in [4.69, 9.17) is 9.15 Å². The van der Waals surface area contributed by atoms with Crippen molar-refractivity contribution in [3.63, 3.8) is 0 Å². The topological polar surface area (TPSA) is 67.6 Å². The molecule has 3 rings (SSSR count). The lowest BCUT2D eigenvalue weighted by Gasteiger charge is -2.29. The second-order valence-corrected chi connectivity index (χ2v) is 8.02. The van der Waals surface area contributed by atoms with E-state index in [1.54, 1.807) is 6.20 Å². The first kappa shape index (κ1) is 19.4. The van der Waals surface area contributed by atoms with Crippen molar-refractivity contribution >= 4 is 17.3 Å². The molecule has 27 heavy (non-hydrogen) atoms. The molecule has 6 heteroatoms. The van der Waals surface area contributed by atoms with E-state index in [0.717, 1.165) is 43.3 Å². The maximum absolute atomic E-state index is 12.3. The first-order valence-electron chi connectivity index (χ1n) is 9.51. The van der Waals surface area contributed by atoms with Crippen LogP contribution in [0.15, 0.2) is 28.8 Å². The van der Waals surface area contributed by atoms with Crippen LogP contribution in [-0.4, -0.2) is 37.2 Å². The Balaban J connectivity index is 1.55. The van der Waals surface area contributed by atoms with Crippen molar-refractivity contribution in [1.82, 2.24) is 4.98 Å². The number of nitrogens with zero attached hydrogens (tertiary/aromatic N) is 2. The van der Waals surface area contributed by atoms with Gasteiger partial charge in [-0.05, 0) is 30.7 Å². The summed E-state index contributed by atoms with van der Waals surface area (Å²) < 4.78 is 11.1. The predicted molar refractivity (Wildman–Crippen MR) is 106 cm³/mol. The zero-order valence-corrected chi connectivity index (χ0v) is 16.7. The zero-order valence-electron chi connectivity index (χ0n) is 16.7. The second-order valence-electron chi connectivity index (χ2n) is 8.02. The third kappa shape index (κ3) is 5.10. The van der Waals surface area contributed by atoms with Crippen LogP contribution in [0.5, 0.6) is 0 Å². The summed E-state index contributed by atoms with van der Waals surface area (Å²) in [5.41, 5.74) is 2.99. The fraction of sp³-hybridized carbons (Fsp3) is 0.524. The molecule has 1 fully saturated rings. The van der Waals surface area contributed by atoms with Gasteiger partial charge in [-0.1, -0.05) is 20.8 Å². The number of ether oxygens (including phenoxy) is 1. The molecule has 0 saturated carbocycles. The van der Waals surface area contributed by atoms with Gasteiger partial charge in [0.15, 0.2) is 5.89 Å². The summed E-state index contributed by atoms with van der Waals surface area (Å²) in [5.74, 6) is 1.41. The van der Waals surface area contributed by atoms with Crippen molar-refractivity contribution in [2.75, 3.05) is 36.5 Å². The van der Waals surface area contributed by atoms with Crippen LogP contribution < -0.4 is 10.2 Å². The number of carbonyl (C=O) groups excluding carboxylic acids is 1. The van der Waals surface area contributed by atoms with E-state index in [1.165, 1.54) is 5.69 Å². The maximum Gasteiger partial charge on any atom is 0.224 e. The van der Waals surface area contributed by atoms with E-state index >= 15 is 0 Å². The summed E-state index contributed by atoms with van der Waals surface area (Å²) in [6.45, 7) is 11.6. The molecule has 2 aromatic rings. The molecule has 1 aromatic heterocycles. The lowest BCUT2D eigenvalue weighted by Crippen LogP contribution is -2.36. The minimum Gasteiger partial charge on any atom is -0.445 e. The fourth-order valence-corrected chi connectivity index (χ4v) is 3.01. The lowest BCUT2D eigenvalue weighted by molar-refractivity contribution is -0.116. The Morgan fingerprint density at radius 1 is 1.26 bits per heavy atom. The molecule has 0 bridgehead atoms. The van der Waals surface area contributed by atoms with Gasteiger partial charge in [-0.2, -0.15) is 0 Å². The van der Waals surface area contributed by atoms with Crippen molar-refractivity contribution in [3.05, 3.63) is 41.6 Å². The van der Waals surface area contributed by atoms with Crippen molar-refractivity contribution in [2.24, 2.45) is 0 Å². The number of amides is 1. The van der Waals surface area contributed by atoms with Crippen LogP contribution in [-0.2, 0) is 21.4 Å². The molecule has 1 aliphatic heterocycles. The van der Waals surface area contributed by atoms with Crippen LogP contribution in [0.2, 0.25) is 0 Å². The highest BCUT2D eigenvalue weighted by Gasteiger charge is 2.19. The van der Waals surface area contributed by atoms with Gasteiger partial charge in [0.25, 0.3) is 0 Å². The third-order valence-corrected chi connectivity index (χ3v) is 4.72. The highest BCUT2D eigenvalue weighted by molar-refractivity contribution is 5.91. The normalized spacial score (nSPS) is 15.0. The molecule has 0 radical (unpaired) electrons. The molecule has 1 amide bonds. The van der Waals surface area contributed by atoms with Crippen LogP contribution in [0, 0.1) is 6.92 Å². The number of aromatic nitrogens is 1. The van der Waals surface area contributed by atoms with Gasteiger partial charge in [-0.3, -0.25) is 4.79 Å². The van der Waals surface area contributed by atoms with E-state index in [9.17, 15) is 4.79 Å². The molecule has 1 aromatic carbocycles. The Bertz CT molecular complexity index is 786. The average molecular weight is 371 g/mol. The Labute approximate surface area is 160 Å². The van der Waals surface area contributed by atoms with Gasteiger partial charge in [-0.25, -0.2) is 4.98 Å². The van der Waals surface area contributed by atoms with Crippen molar-refractivity contribution in [3.8, 4) is 0 Å². The highest BCUT2D eigenvalue weighted by Crippen LogP contribution is 2.25. The first-order chi connectivity index (χ1) is 12.8. The number of oxazole rings is 1. The van der Waals surface area contributed by atoms with Crippen molar-refractivity contribution in [2.45, 2.75) is 46.0 Å². The second kappa shape index (κ2) is 8.13. The average Bonchev–Trinajstić information content (AvgIpc) is 3.12. The number of benzene rings is 1. The highest BCUT2D eigenvalue weighted by atomic mass is 16.5. The summed E-state index contributed by atoms with van der Waals surface area (Å²) in [4.78, 5) is 18.9. The van der Waals surface area contributed by atoms with Crippen LogP contribution in [0.3, 0.4) is 0 Å². The number of aryl methyl sites for hydroxylation is 2. The smallest absolute Gasteiger partial charge is 0.224 e. The number of hydrogen-bond donors (Lipinski definition) is 1. The molecule has 1 N–H and O–H groups in total. The zero-order chi connectivity index (χ0) is 19.4. The van der Waals surface area contributed by atoms with Crippen molar-refractivity contribution in [1.29, 1.82) is 0 Å². The number of carbonyl (C=O) groups is 1. The van der Waals surface area contributed by atoms with Crippen LogP contribution in [0.4, 0.5) is 11.4 Å². The molecule has 2 heterocycles. The Hall–Kier alpha value is -2.34. The largest absolute Gasteiger partial charge is 0.445 e. The van der Waals surface area contributed by atoms with E-state index in [-0.39, 0.29) is 11.3 Å². The van der Waals surface area contributed by atoms with Gasteiger partial charge in [0, 0.05) is 42.7 Å². The quantitative estimate of drug-likeness (QED) is 0.868. The fourth-order valence-electron chi connectivity index (χ4n) is 3.01. The third-order valence-electron chi connectivity index (χ3n) is 4.72. The minimum absolute atomic E-state index is 0.0345. The molecular formula is C21H29N3O3. The van der Waals surface area contributed by atoms with Gasteiger partial charge >= 0.3 is 0 Å². The molecule has 0 aliphatic carbocycles. The number of rotatable bonds is 5. The molecule has 1 saturated heterocycles. The molecule has 1 aliphatic rings. The van der Waals surface area contributed by atoms with Gasteiger partial charge in [0.2, 0.25) is 5.91 Å². The predicted octanol–water partition coefficient (Wildman–Crippen LogP) is 3.69. The Morgan fingerprint density at radius 3 is 2.63 bits per heavy atom. The molecule has 0 atom stereocenters. The van der Waals surface area contributed by atoms with Crippen LogP contribution in [0.25, 0.3) is 0 Å². The molecule has 0 spiro atoms. The summed E-state index contributed by atoms with van der Waals surface area (Å²) in [6.07, 6.45) is 2.59. The summed E-state index contributed by atoms with van der Waals surface area (Å²) >= 11 is 0. The number of anilines is 2. The van der Waals surface area contributed by atoms with Gasteiger partial charge in [-0.15, -0.1) is 0 Å². The van der Waals surface area contributed by atoms with Crippen molar-refractivity contribution < 1.29 is 13.9 Å². The molecule has 6 nitrogen and oxygen atoms in total. The van der Waals surface area contributed by atoms with E-state index in [0.29, 0.717) is 18.7 Å². The van der Waals surface area contributed by atoms with E-state index in [1.807, 2.05) is 13.0 Å².